The fourth-order valence-corrected chi connectivity index (χ4v) is 5.09. The first kappa shape index (κ1) is 19.2. The molecule has 0 atom stereocenters. The molecule has 0 N–H and O–H groups in total. The number of nitrogens with zero attached hydrogens (tertiary/aromatic N) is 2. The van der Waals surface area contributed by atoms with E-state index in [1.165, 1.54) is 66.3 Å². The van der Waals surface area contributed by atoms with Crippen LogP contribution in [0.3, 0.4) is 0 Å². The average molecular weight is 435 g/mol. The van der Waals surface area contributed by atoms with Crippen molar-refractivity contribution in [3.05, 3.63) is 67.4 Å². The molecule has 3 heteroatoms. The van der Waals surface area contributed by atoms with Crippen molar-refractivity contribution in [1.29, 1.82) is 0 Å². The van der Waals surface area contributed by atoms with Gasteiger partial charge in [-0.25, -0.2) is 0 Å². The molecule has 4 aromatic rings. The van der Waals surface area contributed by atoms with Crippen molar-refractivity contribution < 1.29 is 0 Å². The van der Waals surface area contributed by atoms with E-state index in [0.29, 0.717) is 0 Å². The number of aryl methyl sites for hydroxylation is 4. The van der Waals surface area contributed by atoms with E-state index in [1.807, 2.05) is 12.4 Å². The Morgan fingerprint density at radius 2 is 1.07 bits per heavy atom. The molecule has 2 aromatic carbocycles. The maximum Gasteiger partial charge on any atom is 0.0635 e. The highest BCUT2D eigenvalue weighted by Gasteiger charge is 2.24. The Hall–Kier alpha value is -2.13. The van der Waals surface area contributed by atoms with Crippen LogP contribution in [0.2, 0.25) is 0 Å². The summed E-state index contributed by atoms with van der Waals surface area (Å²) in [5.74, 6) is 0. The summed E-state index contributed by atoms with van der Waals surface area (Å²) in [5, 5.41) is 2.78. The standard InChI is InChI=1S/C25H27BrN2/c1-12-14(3)18(7)24-22(16(12)5)23-17(6)13(2)15(4)19(8)25(23)28(24)21-9-10-27-11-20(21)26/h9-11H,1-8H3. The van der Waals surface area contributed by atoms with Crippen LogP contribution in [0.25, 0.3) is 27.5 Å². The van der Waals surface area contributed by atoms with Crippen molar-refractivity contribution in [1.82, 2.24) is 9.55 Å². The normalized spacial score (nSPS) is 11.8. The summed E-state index contributed by atoms with van der Waals surface area (Å²) in [5.41, 5.74) is 14.8. The molecule has 0 amide bonds. The fraction of sp³-hybridized carbons (Fsp3) is 0.320. The Kier molecular flexibility index (Phi) is 4.42. The highest BCUT2D eigenvalue weighted by molar-refractivity contribution is 9.10. The highest BCUT2D eigenvalue weighted by Crippen LogP contribution is 2.44. The molecule has 28 heavy (non-hydrogen) atoms. The maximum absolute atomic E-state index is 4.30. The van der Waals surface area contributed by atoms with Crippen molar-refractivity contribution in [3.63, 3.8) is 0 Å². The van der Waals surface area contributed by atoms with Crippen LogP contribution in [-0.2, 0) is 0 Å². The monoisotopic (exact) mass is 434 g/mol. The Balaban J connectivity index is 2.47. The van der Waals surface area contributed by atoms with Crippen LogP contribution in [-0.4, -0.2) is 9.55 Å². The molecular weight excluding hydrogens is 408 g/mol. The zero-order chi connectivity index (χ0) is 20.5. The lowest BCUT2D eigenvalue weighted by atomic mass is 9.90. The molecule has 0 aliphatic rings. The second-order valence-electron chi connectivity index (χ2n) is 8.11. The number of fused-ring (bicyclic) bond motifs is 3. The topological polar surface area (TPSA) is 17.8 Å². The van der Waals surface area contributed by atoms with Crippen LogP contribution in [0, 0.1) is 55.4 Å². The van der Waals surface area contributed by atoms with Crippen LogP contribution in [0.5, 0.6) is 0 Å². The molecule has 0 saturated carbocycles. The van der Waals surface area contributed by atoms with E-state index >= 15 is 0 Å². The number of hydrogen-bond acceptors (Lipinski definition) is 1. The van der Waals surface area contributed by atoms with E-state index in [2.05, 4.69) is 86.9 Å². The van der Waals surface area contributed by atoms with E-state index in [9.17, 15) is 0 Å². The first-order chi connectivity index (χ1) is 13.2. The van der Waals surface area contributed by atoms with E-state index in [1.54, 1.807) is 0 Å². The van der Waals surface area contributed by atoms with Gasteiger partial charge in [0.1, 0.15) is 0 Å². The molecule has 2 heterocycles. The number of halogens is 1. The molecule has 2 nitrogen and oxygen atoms in total. The smallest absolute Gasteiger partial charge is 0.0635 e. The highest BCUT2D eigenvalue weighted by atomic mass is 79.9. The average Bonchev–Trinajstić information content (AvgIpc) is 3.04. The maximum atomic E-state index is 4.30. The van der Waals surface area contributed by atoms with Crippen LogP contribution < -0.4 is 0 Å². The van der Waals surface area contributed by atoms with Gasteiger partial charge in [0.05, 0.1) is 21.2 Å². The van der Waals surface area contributed by atoms with Crippen molar-refractivity contribution in [2.75, 3.05) is 0 Å². The van der Waals surface area contributed by atoms with E-state index < -0.39 is 0 Å². The molecule has 0 radical (unpaired) electrons. The van der Waals surface area contributed by atoms with Gasteiger partial charge < -0.3 is 4.57 Å². The lowest BCUT2D eigenvalue weighted by Crippen LogP contribution is -2.02. The minimum Gasteiger partial charge on any atom is -0.307 e. The van der Waals surface area contributed by atoms with Gasteiger partial charge in [-0.15, -0.1) is 0 Å². The molecule has 0 spiro atoms. The molecule has 0 aliphatic carbocycles. The summed E-state index contributed by atoms with van der Waals surface area (Å²) in [6, 6.07) is 2.11. The largest absolute Gasteiger partial charge is 0.307 e. The lowest BCUT2D eigenvalue weighted by molar-refractivity contribution is 1.11. The van der Waals surface area contributed by atoms with Crippen molar-refractivity contribution in [3.8, 4) is 5.69 Å². The summed E-state index contributed by atoms with van der Waals surface area (Å²) < 4.78 is 3.47. The molecule has 0 fully saturated rings. The predicted molar refractivity (Wildman–Crippen MR) is 124 cm³/mol. The number of rotatable bonds is 1. The lowest BCUT2D eigenvalue weighted by Gasteiger charge is -2.16. The van der Waals surface area contributed by atoms with Gasteiger partial charge in [0.2, 0.25) is 0 Å². The summed E-state index contributed by atoms with van der Waals surface area (Å²) in [4.78, 5) is 4.30. The number of pyridine rings is 1. The number of hydrogen-bond donors (Lipinski definition) is 0. The molecule has 0 saturated heterocycles. The summed E-state index contributed by atoms with van der Waals surface area (Å²) in [7, 11) is 0. The number of benzene rings is 2. The third-order valence-corrected chi connectivity index (χ3v) is 7.61. The summed E-state index contributed by atoms with van der Waals surface area (Å²) in [6.45, 7) is 18.1. The molecule has 0 bridgehead atoms. The third-order valence-electron chi connectivity index (χ3n) is 7.00. The molecule has 0 aliphatic heterocycles. The Morgan fingerprint density at radius 1 is 0.643 bits per heavy atom. The van der Waals surface area contributed by atoms with Crippen molar-refractivity contribution in [2.45, 2.75) is 55.4 Å². The van der Waals surface area contributed by atoms with Gasteiger partial charge in [-0.2, -0.15) is 0 Å². The van der Waals surface area contributed by atoms with Gasteiger partial charge in [-0.05, 0) is 122 Å². The van der Waals surface area contributed by atoms with Gasteiger partial charge in [-0.1, -0.05) is 0 Å². The quantitative estimate of drug-likeness (QED) is 0.304. The molecule has 2 aromatic heterocycles. The van der Waals surface area contributed by atoms with Gasteiger partial charge >= 0.3 is 0 Å². The summed E-state index contributed by atoms with van der Waals surface area (Å²) in [6.07, 6.45) is 3.77. The van der Waals surface area contributed by atoms with Crippen molar-refractivity contribution in [2.24, 2.45) is 0 Å². The van der Waals surface area contributed by atoms with Gasteiger partial charge in [-0.3, -0.25) is 4.98 Å². The molecular formula is C25H27BrN2. The zero-order valence-corrected chi connectivity index (χ0v) is 19.6. The second-order valence-corrected chi connectivity index (χ2v) is 8.96. The number of aromatic nitrogens is 2. The molecule has 0 unspecified atom stereocenters. The van der Waals surface area contributed by atoms with Crippen LogP contribution in [0.1, 0.15) is 44.5 Å². The predicted octanol–water partition coefficient (Wildman–Crippen LogP) is 7.41. The van der Waals surface area contributed by atoms with Crippen LogP contribution in [0.15, 0.2) is 22.9 Å². The summed E-state index contributed by atoms with van der Waals surface area (Å²) >= 11 is 3.76. The van der Waals surface area contributed by atoms with E-state index in [0.717, 1.165) is 10.2 Å². The Bertz CT molecular complexity index is 1220. The fourth-order valence-electron chi connectivity index (χ4n) is 4.66. The third kappa shape index (κ3) is 2.35. The molecule has 144 valence electrons. The first-order valence-corrected chi connectivity index (χ1v) is 10.6. The minimum atomic E-state index is 1.01. The van der Waals surface area contributed by atoms with Crippen LogP contribution in [0.4, 0.5) is 0 Å². The van der Waals surface area contributed by atoms with E-state index in [4.69, 9.17) is 0 Å². The second kappa shape index (κ2) is 6.45. The Morgan fingerprint density at radius 3 is 1.50 bits per heavy atom. The Labute approximate surface area is 175 Å². The zero-order valence-electron chi connectivity index (χ0n) is 18.0. The first-order valence-electron chi connectivity index (χ1n) is 9.79. The van der Waals surface area contributed by atoms with E-state index in [-0.39, 0.29) is 0 Å². The van der Waals surface area contributed by atoms with Gasteiger partial charge in [0, 0.05) is 23.2 Å². The van der Waals surface area contributed by atoms with Gasteiger partial charge in [0.25, 0.3) is 0 Å². The minimum absolute atomic E-state index is 1.01. The van der Waals surface area contributed by atoms with Crippen LogP contribution >= 0.6 is 15.9 Å². The SMILES string of the molecule is Cc1c(C)c(C)c2c(c1C)c1c(C)c(C)c(C)c(C)c1n2-c1ccncc1Br. The molecule has 4 rings (SSSR count). The van der Waals surface area contributed by atoms with Crippen molar-refractivity contribution >= 4 is 37.7 Å². The van der Waals surface area contributed by atoms with Gasteiger partial charge in [0.15, 0.2) is 0 Å².